The molecule has 0 aliphatic carbocycles. The molecule has 1 aromatic carbocycles. The van der Waals surface area contributed by atoms with Crippen LogP contribution in [0.5, 0.6) is 0 Å². The number of non-ortho nitro benzene ring substituents is 1. The van der Waals surface area contributed by atoms with Gasteiger partial charge in [0.1, 0.15) is 0 Å². The van der Waals surface area contributed by atoms with E-state index in [-0.39, 0.29) is 36.5 Å². The fourth-order valence-corrected chi connectivity index (χ4v) is 2.02. The second-order valence-corrected chi connectivity index (χ2v) is 4.36. The van der Waals surface area contributed by atoms with Crippen LogP contribution in [0.1, 0.15) is 12.0 Å². The Morgan fingerprint density at radius 2 is 2.32 bits per heavy atom. The summed E-state index contributed by atoms with van der Waals surface area (Å²) in [4.78, 5) is 21.9. The largest absolute Gasteiger partial charge is 0.352 e. The van der Waals surface area contributed by atoms with Crippen LogP contribution in [0.2, 0.25) is 0 Å². The molecule has 7 heteroatoms. The number of benzene rings is 1. The number of amides is 1. The first kappa shape index (κ1) is 15.4. The van der Waals surface area contributed by atoms with E-state index in [1.165, 1.54) is 12.1 Å². The van der Waals surface area contributed by atoms with E-state index in [1.807, 2.05) is 0 Å². The molecule has 0 radical (unpaired) electrons. The first-order valence-electron chi connectivity index (χ1n) is 5.88. The van der Waals surface area contributed by atoms with Crippen molar-refractivity contribution in [2.75, 3.05) is 13.1 Å². The molecule has 1 saturated heterocycles. The molecule has 2 N–H and O–H groups in total. The zero-order valence-corrected chi connectivity index (χ0v) is 11.1. The lowest BCUT2D eigenvalue weighted by atomic mass is 10.1. The highest BCUT2D eigenvalue weighted by Gasteiger charge is 2.17. The van der Waals surface area contributed by atoms with E-state index < -0.39 is 4.92 Å². The summed E-state index contributed by atoms with van der Waals surface area (Å²) >= 11 is 0. The van der Waals surface area contributed by atoms with Gasteiger partial charge in [0.2, 0.25) is 5.91 Å². The Bertz CT molecular complexity index is 461. The van der Waals surface area contributed by atoms with E-state index in [0.29, 0.717) is 5.56 Å². The van der Waals surface area contributed by atoms with E-state index in [0.717, 1.165) is 19.5 Å². The molecular formula is C12H16ClN3O3. The maximum absolute atomic E-state index is 11.7. The van der Waals surface area contributed by atoms with Gasteiger partial charge in [-0.25, -0.2) is 0 Å². The number of nitrogens with zero attached hydrogens (tertiary/aromatic N) is 1. The lowest BCUT2D eigenvalue weighted by Gasteiger charge is -2.11. The summed E-state index contributed by atoms with van der Waals surface area (Å²) < 4.78 is 0. The summed E-state index contributed by atoms with van der Waals surface area (Å²) in [6.45, 7) is 1.71. The average molecular weight is 286 g/mol. The molecule has 1 atom stereocenters. The van der Waals surface area contributed by atoms with Gasteiger partial charge in [-0.15, -0.1) is 12.4 Å². The number of carbonyl (C=O) groups excluding carboxylic acids is 1. The van der Waals surface area contributed by atoms with Gasteiger partial charge in [-0.1, -0.05) is 12.1 Å². The molecule has 1 amide bonds. The Hall–Kier alpha value is -1.66. The second-order valence-electron chi connectivity index (χ2n) is 4.36. The number of nitro benzene ring substituents is 1. The highest BCUT2D eigenvalue weighted by Crippen LogP contribution is 2.13. The summed E-state index contributed by atoms with van der Waals surface area (Å²) in [6, 6.07) is 6.35. The molecule has 0 bridgehead atoms. The molecule has 1 aliphatic heterocycles. The molecular weight excluding hydrogens is 270 g/mol. The van der Waals surface area contributed by atoms with Gasteiger partial charge in [0.05, 0.1) is 11.3 Å². The molecule has 1 aromatic rings. The molecule has 1 unspecified atom stereocenters. The highest BCUT2D eigenvalue weighted by atomic mass is 35.5. The van der Waals surface area contributed by atoms with Gasteiger partial charge in [-0.2, -0.15) is 0 Å². The topological polar surface area (TPSA) is 84.3 Å². The fraction of sp³-hybridized carbons (Fsp3) is 0.417. The number of nitrogens with one attached hydrogen (secondary N) is 2. The average Bonchev–Trinajstić information content (AvgIpc) is 2.82. The predicted octanol–water partition coefficient (Wildman–Crippen LogP) is 1.04. The number of nitro groups is 1. The van der Waals surface area contributed by atoms with Gasteiger partial charge < -0.3 is 10.6 Å². The Morgan fingerprint density at radius 1 is 1.53 bits per heavy atom. The number of rotatable bonds is 4. The Kier molecular flexibility index (Phi) is 5.72. The lowest BCUT2D eigenvalue weighted by molar-refractivity contribution is -0.384. The maximum Gasteiger partial charge on any atom is 0.269 e. The van der Waals surface area contributed by atoms with Crippen molar-refractivity contribution in [1.82, 2.24) is 10.6 Å². The highest BCUT2D eigenvalue weighted by molar-refractivity contribution is 5.85. The summed E-state index contributed by atoms with van der Waals surface area (Å²) in [5.41, 5.74) is 0.676. The fourth-order valence-electron chi connectivity index (χ4n) is 2.02. The van der Waals surface area contributed by atoms with Crippen LogP contribution >= 0.6 is 12.4 Å². The molecule has 1 aliphatic rings. The van der Waals surface area contributed by atoms with E-state index in [2.05, 4.69) is 10.6 Å². The lowest BCUT2D eigenvalue weighted by Crippen LogP contribution is -2.37. The van der Waals surface area contributed by atoms with Crippen LogP contribution in [0.4, 0.5) is 5.69 Å². The van der Waals surface area contributed by atoms with Gasteiger partial charge in [0.25, 0.3) is 5.69 Å². The molecule has 0 aromatic heterocycles. The van der Waals surface area contributed by atoms with Crippen molar-refractivity contribution in [3.8, 4) is 0 Å². The molecule has 0 saturated carbocycles. The summed E-state index contributed by atoms with van der Waals surface area (Å²) in [5, 5.41) is 16.7. The smallest absolute Gasteiger partial charge is 0.269 e. The van der Waals surface area contributed by atoms with Gasteiger partial charge in [0, 0.05) is 24.7 Å². The van der Waals surface area contributed by atoms with Gasteiger partial charge >= 0.3 is 0 Å². The van der Waals surface area contributed by atoms with Crippen LogP contribution in [0, 0.1) is 10.1 Å². The van der Waals surface area contributed by atoms with Crippen LogP contribution in [0.15, 0.2) is 24.3 Å². The molecule has 19 heavy (non-hydrogen) atoms. The van der Waals surface area contributed by atoms with Crippen LogP contribution in [-0.4, -0.2) is 30.0 Å². The van der Waals surface area contributed by atoms with Crippen molar-refractivity contribution < 1.29 is 9.72 Å². The Balaban J connectivity index is 0.00000180. The standard InChI is InChI=1S/C12H15N3O3.ClH/c16-12(14-10-4-5-13-8-10)7-9-2-1-3-11(6-9)15(17)18;/h1-3,6,10,13H,4-5,7-8H2,(H,14,16);1H. The van der Waals surface area contributed by atoms with E-state index in [1.54, 1.807) is 12.1 Å². The van der Waals surface area contributed by atoms with E-state index in [4.69, 9.17) is 0 Å². The molecule has 0 spiro atoms. The maximum atomic E-state index is 11.7. The third-order valence-corrected chi connectivity index (χ3v) is 2.91. The summed E-state index contributed by atoms with van der Waals surface area (Å²) in [7, 11) is 0. The van der Waals surface area contributed by atoms with Crippen LogP contribution in [0.25, 0.3) is 0 Å². The number of hydrogen-bond donors (Lipinski definition) is 2. The van der Waals surface area contributed by atoms with Crippen molar-refractivity contribution in [3.05, 3.63) is 39.9 Å². The van der Waals surface area contributed by atoms with Gasteiger partial charge in [-0.05, 0) is 18.5 Å². The Labute approximate surface area is 117 Å². The van der Waals surface area contributed by atoms with Crippen molar-refractivity contribution in [3.63, 3.8) is 0 Å². The molecule has 2 rings (SSSR count). The quantitative estimate of drug-likeness (QED) is 0.639. The number of hydrogen-bond acceptors (Lipinski definition) is 4. The van der Waals surface area contributed by atoms with Crippen molar-refractivity contribution in [2.24, 2.45) is 0 Å². The Morgan fingerprint density at radius 3 is 2.95 bits per heavy atom. The van der Waals surface area contributed by atoms with E-state index in [9.17, 15) is 14.9 Å². The third-order valence-electron chi connectivity index (χ3n) is 2.91. The molecule has 1 fully saturated rings. The minimum absolute atomic E-state index is 0. The normalized spacial score (nSPS) is 17.6. The number of halogens is 1. The SMILES string of the molecule is Cl.O=C(Cc1cccc([N+](=O)[O-])c1)NC1CCNC1. The molecule has 6 nitrogen and oxygen atoms in total. The molecule has 104 valence electrons. The van der Waals surface area contributed by atoms with Crippen molar-refractivity contribution >= 4 is 24.0 Å². The first-order chi connectivity index (χ1) is 8.65. The number of carbonyl (C=O) groups is 1. The first-order valence-corrected chi connectivity index (χ1v) is 5.88. The van der Waals surface area contributed by atoms with Gasteiger partial charge in [0.15, 0.2) is 0 Å². The predicted molar refractivity (Wildman–Crippen MR) is 73.5 cm³/mol. The van der Waals surface area contributed by atoms with Crippen LogP contribution in [-0.2, 0) is 11.2 Å². The molecule has 1 heterocycles. The summed E-state index contributed by atoms with van der Waals surface area (Å²) in [6.07, 6.45) is 1.11. The second kappa shape index (κ2) is 7.06. The van der Waals surface area contributed by atoms with Crippen LogP contribution in [0.3, 0.4) is 0 Å². The minimum Gasteiger partial charge on any atom is -0.352 e. The zero-order chi connectivity index (χ0) is 13.0. The van der Waals surface area contributed by atoms with Crippen molar-refractivity contribution in [1.29, 1.82) is 0 Å². The van der Waals surface area contributed by atoms with Gasteiger partial charge in [-0.3, -0.25) is 14.9 Å². The van der Waals surface area contributed by atoms with E-state index >= 15 is 0 Å². The monoisotopic (exact) mass is 285 g/mol. The van der Waals surface area contributed by atoms with Crippen LogP contribution < -0.4 is 10.6 Å². The zero-order valence-electron chi connectivity index (χ0n) is 10.3. The minimum atomic E-state index is -0.456. The van der Waals surface area contributed by atoms with Crippen molar-refractivity contribution in [2.45, 2.75) is 18.9 Å². The third kappa shape index (κ3) is 4.50. The summed E-state index contributed by atoms with van der Waals surface area (Å²) in [5.74, 6) is -0.0933.